The van der Waals surface area contributed by atoms with Gasteiger partial charge in [-0.25, -0.2) is 13.6 Å². The molecule has 0 fully saturated rings. The molecule has 1 amide bonds. The van der Waals surface area contributed by atoms with Crippen LogP contribution in [0.2, 0.25) is 0 Å². The van der Waals surface area contributed by atoms with Crippen molar-refractivity contribution in [3.05, 3.63) is 46.7 Å². The van der Waals surface area contributed by atoms with Gasteiger partial charge >= 0.3 is 5.97 Å². The lowest BCUT2D eigenvalue weighted by atomic mass is 10.2. The summed E-state index contributed by atoms with van der Waals surface area (Å²) >= 11 is 1.46. The maximum absolute atomic E-state index is 11.7. The number of thiophene rings is 1. The van der Waals surface area contributed by atoms with Crippen LogP contribution in [0.4, 0.5) is 5.69 Å². The Morgan fingerprint density at radius 1 is 1.26 bits per heavy atom. The molecule has 0 aliphatic carbocycles. The highest BCUT2D eigenvalue weighted by molar-refractivity contribution is 7.89. The topological polar surface area (TPSA) is 116 Å². The summed E-state index contributed by atoms with van der Waals surface area (Å²) in [4.78, 5) is 23.2. The van der Waals surface area contributed by atoms with Crippen LogP contribution in [0.1, 0.15) is 5.56 Å². The van der Waals surface area contributed by atoms with E-state index in [4.69, 9.17) is 9.88 Å². The van der Waals surface area contributed by atoms with Crippen LogP contribution >= 0.6 is 11.3 Å². The van der Waals surface area contributed by atoms with Crippen molar-refractivity contribution in [2.24, 2.45) is 5.14 Å². The van der Waals surface area contributed by atoms with Gasteiger partial charge in [0.25, 0.3) is 5.91 Å². The summed E-state index contributed by atoms with van der Waals surface area (Å²) in [7, 11) is -3.85. The lowest BCUT2D eigenvalue weighted by molar-refractivity contribution is -0.146. The van der Waals surface area contributed by atoms with Gasteiger partial charge in [-0.15, -0.1) is 0 Å². The van der Waals surface area contributed by atoms with Gasteiger partial charge in [-0.05, 0) is 40.6 Å². The summed E-state index contributed by atoms with van der Waals surface area (Å²) in [5.74, 6) is -1.09. The molecular weight excluding hydrogens is 340 g/mol. The molecule has 0 spiro atoms. The summed E-state index contributed by atoms with van der Waals surface area (Å²) < 4.78 is 27.3. The summed E-state index contributed by atoms with van der Waals surface area (Å²) in [6.07, 6.45) is 0.0949. The van der Waals surface area contributed by atoms with Crippen LogP contribution in [0, 0.1) is 0 Å². The van der Waals surface area contributed by atoms with E-state index in [1.165, 1.54) is 35.6 Å². The van der Waals surface area contributed by atoms with Gasteiger partial charge in [0, 0.05) is 5.69 Å². The molecule has 0 aliphatic rings. The van der Waals surface area contributed by atoms with Crippen molar-refractivity contribution in [1.82, 2.24) is 0 Å². The van der Waals surface area contributed by atoms with Crippen LogP contribution in [-0.4, -0.2) is 26.9 Å². The zero-order valence-electron chi connectivity index (χ0n) is 11.9. The Morgan fingerprint density at radius 3 is 2.70 bits per heavy atom. The fourth-order valence-corrected chi connectivity index (χ4v) is 2.93. The number of ether oxygens (including phenoxy) is 1. The van der Waals surface area contributed by atoms with Crippen LogP contribution in [0.5, 0.6) is 0 Å². The molecule has 0 atom stereocenters. The van der Waals surface area contributed by atoms with Crippen molar-refractivity contribution < 1.29 is 22.7 Å². The maximum Gasteiger partial charge on any atom is 0.310 e. The zero-order chi connectivity index (χ0) is 16.9. The molecule has 9 heteroatoms. The number of nitrogens with one attached hydrogen (secondary N) is 1. The standard InChI is InChI=1S/C14H14N2O5S2/c15-23(19,20)12-3-1-2-11(7-12)16-13(17)8-21-14(18)6-10-4-5-22-9-10/h1-5,7,9H,6,8H2,(H,16,17)(H2,15,19,20). The Morgan fingerprint density at radius 2 is 2.04 bits per heavy atom. The first-order valence-corrected chi connectivity index (χ1v) is 8.93. The number of esters is 1. The predicted octanol–water partition coefficient (Wildman–Crippen LogP) is 1.12. The molecule has 0 saturated heterocycles. The zero-order valence-corrected chi connectivity index (χ0v) is 13.5. The van der Waals surface area contributed by atoms with Crippen molar-refractivity contribution in [2.45, 2.75) is 11.3 Å². The summed E-state index contributed by atoms with van der Waals surface area (Å²) in [6, 6.07) is 7.27. The third-order valence-corrected chi connectivity index (χ3v) is 4.38. The lowest BCUT2D eigenvalue weighted by Crippen LogP contribution is -2.22. The smallest absolute Gasteiger partial charge is 0.310 e. The average Bonchev–Trinajstić information content (AvgIpc) is 2.97. The molecule has 0 bridgehead atoms. The second-order valence-corrected chi connectivity index (χ2v) is 6.93. The van der Waals surface area contributed by atoms with E-state index in [9.17, 15) is 18.0 Å². The molecule has 0 saturated carbocycles. The molecule has 2 aromatic rings. The minimum absolute atomic E-state index is 0.0949. The first-order valence-electron chi connectivity index (χ1n) is 6.44. The van der Waals surface area contributed by atoms with Crippen molar-refractivity contribution >= 4 is 38.9 Å². The number of benzene rings is 1. The van der Waals surface area contributed by atoms with E-state index in [-0.39, 0.29) is 17.0 Å². The molecule has 0 unspecified atom stereocenters. The largest absolute Gasteiger partial charge is 0.455 e. The number of sulfonamides is 1. The van der Waals surface area contributed by atoms with Crippen molar-refractivity contribution in [3.8, 4) is 0 Å². The van der Waals surface area contributed by atoms with Crippen LogP contribution < -0.4 is 10.5 Å². The molecule has 0 radical (unpaired) electrons. The van der Waals surface area contributed by atoms with E-state index in [1.54, 1.807) is 6.07 Å². The number of nitrogens with two attached hydrogens (primary N) is 1. The number of amides is 1. The van der Waals surface area contributed by atoms with Crippen LogP contribution in [-0.2, 0) is 30.8 Å². The van der Waals surface area contributed by atoms with E-state index >= 15 is 0 Å². The number of primary sulfonamides is 1. The van der Waals surface area contributed by atoms with E-state index in [0.29, 0.717) is 0 Å². The summed E-state index contributed by atoms with van der Waals surface area (Å²) in [5.41, 5.74) is 1.07. The summed E-state index contributed by atoms with van der Waals surface area (Å²) in [5, 5.41) is 11.1. The normalized spacial score (nSPS) is 11.0. The molecule has 0 aliphatic heterocycles. The van der Waals surface area contributed by atoms with Crippen LogP contribution in [0.25, 0.3) is 0 Å². The third-order valence-electron chi connectivity index (χ3n) is 2.74. The number of hydrogen-bond donors (Lipinski definition) is 2. The fraction of sp³-hybridized carbons (Fsp3) is 0.143. The molecule has 1 aromatic carbocycles. The third kappa shape index (κ3) is 5.47. The first-order chi connectivity index (χ1) is 10.8. The predicted molar refractivity (Wildman–Crippen MR) is 85.4 cm³/mol. The minimum Gasteiger partial charge on any atom is -0.455 e. The summed E-state index contributed by atoms with van der Waals surface area (Å²) in [6.45, 7) is -0.456. The number of rotatable bonds is 6. The highest BCUT2D eigenvalue weighted by Crippen LogP contribution is 2.14. The Bertz CT molecular complexity index is 800. The van der Waals surface area contributed by atoms with Crippen molar-refractivity contribution in [1.29, 1.82) is 0 Å². The van der Waals surface area contributed by atoms with E-state index in [0.717, 1.165) is 5.56 Å². The van der Waals surface area contributed by atoms with Crippen LogP contribution in [0.15, 0.2) is 46.0 Å². The van der Waals surface area contributed by atoms with Gasteiger partial charge in [-0.1, -0.05) is 6.07 Å². The molecule has 1 aromatic heterocycles. The maximum atomic E-state index is 11.7. The number of anilines is 1. The van der Waals surface area contributed by atoms with Gasteiger partial charge in [0.2, 0.25) is 10.0 Å². The Kier molecular flexibility index (Phi) is 5.48. The van der Waals surface area contributed by atoms with Gasteiger partial charge < -0.3 is 10.1 Å². The van der Waals surface area contributed by atoms with Gasteiger partial charge in [0.1, 0.15) is 0 Å². The molecule has 2 rings (SSSR count). The highest BCUT2D eigenvalue weighted by atomic mass is 32.2. The molecular formula is C14H14N2O5S2. The Hall–Kier alpha value is -2.23. The molecule has 7 nitrogen and oxygen atoms in total. The Labute approximate surface area is 137 Å². The second-order valence-electron chi connectivity index (χ2n) is 4.59. The fourth-order valence-electron chi connectivity index (χ4n) is 1.70. The van der Waals surface area contributed by atoms with Gasteiger partial charge in [0.05, 0.1) is 11.3 Å². The molecule has 122 valence electrons. The van der Waals surface area contributed by atoms with E-state index in [1.807, 2.05) is 10.8 Å². The average molecular weight is 354 g/mol. The second kappa shape index (κ2) is 7.36. The molecule has 1 heterocycles. The van der Waals surface area contributed by atoms with E-state index < -0.39 is 28.5 Å². The number of carbonyl (C=O) groups is 2. The van der Waals surface area contributed by atoms with Gasteiger partial charge in [-0.3, -0.25) is 9.59 Å². The number of carbonyl (C=O) groups excluding carboxylic acids is 2. The quantitative estimate of drug-likeness (QED) is 0.754. The van der Waals surface area contributed by atoms with E-state index in [2.05, 4.69) is 5.32 Å². The minimum atomic E-state index is -3.85. The lowest BCUT2D eigenvalue weighted by Gasteiger charge is -2.07. The monoisotopic (exact) mass is 354 g/mol. The molecule has 23 heavy (non-hydrogen) atoms. The molecule has 3 N–H and O–H groups in total. The highest BCUT2D eigenvalue weighted by Gasteiger charge is 2.11. The van der Waals surface area contributed by atoms with Crippen LogP contribution in [0.3, 0.4) is 0 Å². The Balaban J connectivity index is 1.86. The first kappa shape index (κ1) is 17.1. The SMILES string of the molecule is NS(=O)(=O)c1cccc(NC(=O)COC(=O)Cc2ccsc2)c1. The van der Waals surface area contributed by atoms with Crippen molar-refractivity contribution in [3.63, 3.8) is 0 Å². The van der Waals surface area contributed by atoms with Gasteiger partial charge in [-0.2, -0.15) is 11.3 Å². The van der Waals surface area contributed by atoms with Crippen molar-refractivity contribution in [2.75, 3.05) is 11.9 Å². The van der Waals surface area contributed by atoms with Gasteiger partial charge in [0.15, 0.2) is 6.61 Å². The number of hydrogen-bond acceptors (Lipinski definition) is 6.